The molecule has 0 saturated carbocycles. The van der Waals surface area contributed by atoms with E-state index in [1.807, 2.05) is 28.8 Å². The lowest BCUT2D eigenvalue weighted by Crippen LogP contribution is -2.32. The van der Waals surface area contributed by atoms with Crippen LogP contribution in [0.25, 0.3) is 5.65 Å². The summed E-state index contributed by atoms with van der Waals surface area (Å²) in [6.07, 6.45) is 3.47. The maximum absolute atomic E-state index is 13.5. The van der Waals surface area contributed by atoms with E-state index in [2.05, 4.69) is 10.2 Å². The number of pyridine rings is 1. The van der Waals surface area contributed by atoms with E-state index in [0.29, 0.717) is 34.3 Å². The Bertz CT molecular complexity index is 1490. The van der Waals surface area contributed by atoms with E-state index in [-0.39, 0.29) is 16.8 Å². The molecule has 10 heteroatoms. The van der Waals surface area contributed by atoms with Gasteiger partial charge in [-0.2, -0.15) is 0 Å². The highest BCUT2D eigenvalue weighted by Gasteiger charge is 2.34. The van der Waals surface area contributed by atoms with Crippen LogP contribution in [0, 0.1) is 0 Å². The molecule has 1 atom stereocenters. The van der Waals surface area contributed by atoms with Gasteiger partial charge in [-0.25, -0.2) is 8.42 Å². The minimum Gasteiger partial charge on any atom is -0.328 e. The molecular formula is C24H22ClN5O3S. The second-order valence-corrected chi connectivity index (χ2v) is 10.5. The van der Waals surface area contributed by atoms with E-state index in [4.69, 9.17) is 11.6 Å². The number of nitrogens with zero attached hydrogens (tertiary/aromatic N) is 5. The first-order valence-electron chi connectivity index (χ1n) is 10.8. The first-order chi connectivity index (χ1) is 16.4. The molecule has 1 amide bonds. The highest BCUT2D eigenvalue weighted by atomic mass is 35.5. The van der Waals surface area contributed by atoms with Crippen molar-refractivity contribution in [2.75, 3.05) is 17.9 Å². The lowest BCUT2D eigenvalue weighted by atomic mass is 10.1. The van der Waals surface area contributed by atoms with Gasteiger partial charge in [0.2, 0.25) is 0 Å². The highest BCUT2D eigenvalue weighted by Crippen LogP contribution is 2.33. The number of fused-ring (bicyclic) bond motifs is 1. The fourth-order valence-corrected chi connectivity index (χ4v) is 5.71. The second-order valence-electron chi connectivity index (χ2n) is 8.12. The van der Waals surface area contributed by atoms with Gasteiger partial charge in [-0.3, -0.25) is 13.5 Å². The van der Waals surface area contributed by atoms with E-state index in [9.17, 15) is 13.2 Å². The van der Waals surface area contributed by atoms with Crippen molar-refractivity contribution in [2.45, 2.75) is 23.8 Å². The van der Waals surface area contributed by atoms with Crippen molar-refractivity contribution in [2.24, 2.45) is 0 Å². The van der Waals surface area contributed by atoms with Gasteiger partial charge in [0.25, 0.3) is 15.9 Å². The lowest BCUT2D eigenvalue weighted by molar-refractivity contribution is 0.0729. The zero-order valence-corrected chi connectivity index (χ0v) is 19.9. The smallest absolute Gasteiger partial charge is 0.264 e. The second kappa shape index (κ2) is 8.73. The molecule has 4 aromatic rings. The fourth-order valence-electron chi connectivity index (χ4n) is 4.29. The van der Waals surface area contributed by atoms with Gasteiger partial charge >= 0.3 is 0 Å². The lowest BCUT2D eigenvalue weighted by Gasteiger charge is -2.24. The maximum atomic E-state index is 13.5. The molecule has 8 nitrogen and oxygen atoms in total. The molecule has 1 fully saturated rings. The molecule has 0 bridgehead atoms. The average molecular weight is 496 g/mol. The molecule has 0 unspecified atom stereocenters. The number of sulfonamides is 1. The van der Waals surface area contributed by atoms with Crippen LogP contribution in [0.3, 0.4) is 0 Å². The van der Waals surface area contributed by atoms with Crippen LogP contribution in [-0.4, -0.2) is 47.4 Å². The standard InChI is InChI=1S/C24H22ClN5O3S/c1-28(19-9-5-8-18(25)16-19)34(32,33)20-10-4-7-17(15-20)24(31)29-14-6-11-21(29)23-27-26-22-12-2-3-13-30(22)23/h2-5,7-10,12-13,15-16,21H,6,11,14H2,1H3/t21-/m1/s1. The van der Waals surface area contributed by atoms with Crippen LogP contribution in [-0.2, 0) is 10.0 Å². The summed E-state index contributed by atoms with van der Waals surface area (Å²) in [5.41, 5.74) is 1.46. The van der Waals surface area contributed by atoms with Crippen LogP contribution in [0.15, 0.2) is 77.8 Å². The zero-order valence-electron chi connectivity index (χ0n) is 18.4. The predicted octanol–water partition coefficient (Wildman–Crippen LogP) is 4.19. The number of benzene rings is 2. The minimum absolute atomic E-state index is 0.0319. The Kier molecular flexibility index (Phi) is 5.75. The summed E-state index contributed by atoms with van der Waals surface area (Å²) in [5, 5.41) is 8.98. The number of amides is 1. The molecule has 1 saturated heterocycles. The third-order valence-corrected chi connectivity index (χ3v) is 8.08. The van der Waals surface area contributed by atoms with Crippen molar-refractivity contribution in [1.29, 1.82) is 0 Å². The van der Waals surface area contributed by atoms with Crippen LogP contribution >= 0.6 is 11.6 Å². The van der Waals surface area contributed by atoms with Crippen LogP contribution in [0.5, 0.6) is 0 Å². The first-order valence-corrected chi connectivity index (χ1v) is 12.6. The largest absolute Gasteiger partial charge is 0.328 e. The van der Waals surface area contributed by atoms with Gasteiger partial charge in [0.15, 0.2) is 11.5 Å². The van der Waals surface area contributed by atoms with E-state index in [1.165, 1.54) is 19.2 Å². The summed E-state index contributed by atoms with van der Waals surface area (Å²) in [7, 11) is -2.44. The predicted molar refractivity (Wildman–Crippen MR) is 129 cm³/mol. The number of rotatable bonds is 5. The van der Waals surface area contributed by atoms with Crippen molar-refractivity contribution >= 4 is 38.9 Å². The molecule has 1 aliphatic rings. The molecule has 0 aliphatic carbocycles. The summed E-state index contributed by atoms with van der Waals surface area (Å²) in [5.74, 6) is 0.462. The van der Waals surface area contributed by atoms with Crippen LogP contribution in [0.4, 0.5) is 5.69 Å². The molecule has 5 rings (SSSR count). The fraction of sp³-hybridized carbons (Fsp3) is 0.208. The molecule has 34 heavy (non-hydrogen) atoms. The van der Waals surface area contributed by atoms with Gasteiger partial charge in [-0.05, 0) is 61.4 Å². The Morgan fingerprint density at radius 3 is 2.71 bits per heavy atom. The van der Waals surface area contributed by atoms with Crippen LogP contribution < -0.4 is 4.31 Å². The molecule has 0 N–H and O–H groups in total. The highest BCUT2D eigenvalue weighted by molar-refractivity contribution is 7.92. The third kappa shape index (κ3) is 3.91. The number of anilines is 1. The Labute approximate surface area is 202 Å². The van der Waals surface area contributed by atoms with E-state index in [0.717, 1.165) is 17.1 Å². The molecular weight excluding hydrogens is 474 g/mol. The number of hydrogen-bond donors (Lipinski definition) is 0. The minimum atomic E-state index is -3.90. The van der Waals surface area contributed by atoms with Crippen LogP contribution in [0.1, 0.15) is 35.1 Å². The number of aromatic nitrogens is 3. The van der Waals surface area contributed by atoms with E-state index >= 15 is 0 Å². The number of carbonyl (C=O) groups excluding carboxylic acids is 1. The molecule has 2 aromatic heterocycles. The van der Waals surface area contributed by atoms with Crippen molar-refractivity contribution in [3.63, 3.8) is 0 Å². The summed E-state index contributed by atoms with van der Waals surface area (Å²) in [6.45, 7) is 0.560. The summed E-state index contributed by atoms with van der Waals surface area (Å²) in [6, 6.07) is 18.1. The molecule has 174 valence electrons. The van der Waals surface area contributed by atoms with E-state index < -0.39 is 10.0 Å². The molecule has 1 aliphatic heterocycles. The monoisotopic (exact) mass is 495 g/mol. The Morgan fingerprint density at radius 2 is 1.88 bits per heavy atom. The SMILES string of the molecule is CN(c1cccc(Cl)c1)S(=O)(=O)c1cccc(C(=O)N2CCC[C@@H]2c2nnc3ccccn23)c1. The first kappa shape index (κ1) is 22.4. The van der Waals surface area contributed by atoms with Gasteiger partial charge in [-0.1, -0.05) is 29.8 Å². The Balaban J connectivity index is 1.45. The third-order valence-electron chi connectivity index (χ3n) is 6.06. The average Bonchev–Trinajstić information content (AvgIpc) is 3.50. The maximum Gasteiger partial charge on any atom is 0.264 e. The Hall–Kier alpha value is -3.43. The normalized spacial score (nSPS) is 16.2. The van der Waals surface area contributed by atoms with Gasteiger partial charge in [0, 0.05) is 30.4 Å². The van der Waals surface area contributed by atoms with Gasteiger partial charge in [0.1, 0.15) is 0 Å². The number of likely N-dealkylation sites (tertiary alicyclic amines) is 1. The quantitative estimate of drug-likeness (QED) is 0.414. The summed E-state index contributed by atoms with van der Waals surface area (Å²) in [4.78, 5) is 15.3. The number of hydrogen-bond acceptors (Lipinski definition) is 5. The van der Waals surface area contributed by atoms with Crippen molar-refractivity contribution in [3.8, 4) is 0 Å². The number of halogens is 1. The van der Waals surface area contributed by atoms with Gasteiger partial charge in [0.05, 0.1) is 16.6 Å². The molecule has 3 heterocycles. The topological polar surface area (TPSA) is 87.9 Å². The molecule has 0 spiro atoms. The van der Waals surface area contributed by atoms with Gasteiger partial charge in [-0.15, -0.1) is 10.2 Å². The summed E-state index contributed by atoms with van der Waals surface area (Å²) < 4.78 is 29.6. The van der Waals surface area contributed by atoms with Gasteiger partial charge < -0.3 is 4.90 Å². The number of carbonyl (C=O) groups is 1. The van der Waals surface area contributed by atoms with Crippen molar-refractivity contribution in [3.05, 3.63) is 89.3 Å². The van der Waals surface area contributed by atoms with Crippen molar-refractivity contribution < 1.29 is 13.2 Å². The van der Waals surface area contributed by atoms with Crippen LogP contribution in [0.2, 0.25) is 5.02 Å². The summed E-state index contributed by atoms with van der Waals surface area (Å²) >= 11 is 6.03. The Morgan fingerprint density at radius 1 is 1.06 bits per heavy atom. The van der Waals surface area contributed by atoms with E-state index in [1.54, 1.807) is 41.3 Å². The molecule has 0 radical (unpaired) electrons. The molecule has 2 aromatic carbocycles. The van der Waals surface area contributed by atoms with Crippen molar-refractivity contribution in [1.82, 2.24) is 19.5 Å². The zero-order chi connectivity index (χ0) is 23.9.